The van der Waals surface area contributed by atoms with E-state index in [2.05, 4.69) is 5.32 Å². The fourth-order valence-corrected chi connectivity index (χ4v) is 2.29. The lowest BCUT2D eigenvalue weighted by molar-refractivity contribution is -0.132. The number of carbonyl (C=O) groups is 1. The summed E-state index contributed by atoms with van der Waals surface area (Å²) in [7, 11) is 3.28. The molecule has 22 heavy (non-hydrogen) atoms. The zero-order valence-electron chi connectivity index (χ0n) is 12.8. The molecule has 0 unspecified atom stereocenters. The molecule has 1 aromatic carbocycles. The lowest BCUT2D eigenvalue weighted by Crippen LogP contribution is -2.43. The Labute approximate surface area is 136 Å². The smallest absolute Gasteiger partial charge is 0.239 e. The Balaban J connectivity index is 0.00000242. The fraction of sp³-hybridized carbons (Fsp3) is 0.533. The molecular weight excluding hydrogens is 311 g/mol. The minimum atomic E-state index is -0.933. The molecular formula is C15H22ClFN2O3. The number of hydrogen-bond acceptors (Lipinski definition) is 4. The number of halogens is 2. The van der Waals surface area contributed by atoms with E-state index in [4.69, 9.17) is 9.47 Å². The molecule has 2 atom stereocenters. The molecule has 1 fully saturated rings. The van der Waals surface area contributed by atoms with Crippen LogP contribution < -0.4 is 14.8 Å². The van der Waals surface area contributed by atoms with Crippen LogP contribution >= 0.6 is 12.4 Å². The summed E-state index contributed by atoms with van der Waals surface area (Å²) in [5, 5.41) is 2.89. The third-order valence-corrected chi connectivity index (χ3v) is 3.50. The van der Waals surface area contributed by atoms with Gasteiger partial charge in [0.25, 0.3) is 0 Å². The highest BCUT2D eigenvalue weighted by Gasteiger charge is 2.30. The molecule has 1 aromatic rings. The summed E-state index contributed by atoms with van der Waals surface area (Å²) in [5.41, 5.74) is 0. The van der Waals surface area contributed by atoms with Crippen molar-refractivity contribution in [3.05, 3.63) is 24.3 Å². The zero-order valence-corrected chi connectivity index (χ0v) is 13.6. The summed E-state index contributed by atoms with van der Waals surface area (Å²) in [5.74, 6) is 1.20. The minimum Gasteiger partial charge on any atom is -0.493 e. The number of methoxy groups -OCH3 is 1. The number of benzene rings is 1. The topological polar surface area (TPSA) is 50.8 Å². The number of ether oxygens (including phenoxy) is 2. The first-order valence-corrected chi connectivity index (χ1v) is 7.00. The number of alkyl halides is 1. The SMILES string of the molecule is COc1ccccc1OCCN(C)C(=O)[C@H]1C[C@H](F)CN1.Cl. The fourth-order valence-electron chi connectivity index (χ4n) is 2.29. The monoisotopic (exact) mass is 332 g/mol. The van der Waals surface area contributed by atoms with E-state index in [-0.39, 0.29) is 31.3 Å². The van der Waals surface area contributed by atoms with Crippen LogP contribution in [-0.2, 0) is 4.79 Å². The summed E-state index contributed by atoms with van der Waals surface area (Å²) < 4.78 is 23.9. The van der Waals surface area contributed by atoms with E-state index in [9.17, 15) is 9.18 Å². The molecule has 0 saturated carbocycles. The molecule has 7 heteroatoms. The molecule has 124 valence electrons. The lowest BCUT2D eigenvalue weighted by atomic mass is 10.2. The van der Waals surface area contributed by atoms with E-state index in [1.54, 1.807) is 19.1 Å². The van der Waals surface area contributed by atoms with Crippen LogP contribution in [0, 0.1) is 0 Å². The Morgan fingerprint density at radius 1 is 1.41 bits per heavy atom. The highest BCUT2D eigenvalue weighted by Crippen LogP contribution is 2.25. The third kappa shape index (κ3) is 4.74. The number of para-hydroxylation sites is 2. The van der Waals surface area contributed by atoms with Gasteiger partial charge in [-0.1, -0.05) is 12.1 Å². The van der Waals surface area contributed by atoms with E-state index in [0.29, 0.717) is 24.7 Å². The molecule has 0 spiro atoms. The molecule has 0 aromatic heterocycles. The second-order valence-electron chi connectivity index (χ2n) is 5.05. The standard InChI is InChI=1S/C15H21FN2O3.ClH/c1-18(15(19)12-9-11(16)10-17-12)7-8-21-14-6-4-3-5-13(14)20-2;/h3-6,11-12,17H,7-10H2,1-2H3;1H/t11-,12+;/m0./s1. The number of nitrogens with one attached hydrogen (secondary N) is 1. The predicted molar refractivity (Wildman–Crippen MR) is 84.7 cm³/mol. The first-order valence-electron chi connectivity index (χ1n) is 7.00. The highest BCUT2D eigenvalue weighted by atomic mass is 35.5. The zero-order chi connectivity index (χ0) is 15.2. The van der Waals surface area contributed by atoms with Gasteiger partial charge >= 0.3 is 0 Å². The molecule has 0 radical (unpaired) electrons. The van der Waals surface area contributed by atoms with Gasteiger partial charge in [0, 0.05) is 20.0 Å². The Morgan fingerprint density at radius 3 is 2.68 bits per heavy atom. The van der Waals surface area contributed by atoms with E-state index < -0.39 is 12.2 Å². The van der Waals surface area contributed by atoms with Gasteiger partial charge in [-0.25, -0.2) is 4.39 Å². The Bertz CT molecular complexity index is 490. The quantitative estimate of drug-likeness (QED) is 0.860. The molecule has 5 nitrogen and oxygen atoms in total. The van der Waals surface area contributed by atoms with Gasteiger partial charge < -0.3 is 19.7 Å². The van der Waals surface area contributed by atoms with Crippen molar-refractivity contribution in [1.29, 1.82) is 0 Å². The molecule has 0 bridgehead atoms. The summed E-state index contributed by atoms with van der Waals surface area (Å²) in [4.78, 5) is 13.6. The first kappa shape index (κ1) is 18.5. The average molecular weight is 333 g/mol. The van der Waals surface area contributed by atoms with Crippen LogP contribution in [-0.4, -0.2) is 56.9 Å². The Hall–Kier alpha value is -1.53. The maximum Gasteiger partial charge on any atom is 0.239 e. The van der Waals surface area contributed by atoms with Crippen molar-refractivity contribution in [3.63, 3.8) is 0 Å². The largest absolute Gasteiger partial charge is 0.493 e. The van der Waals surface area contributed by atoms with Crippen LogP contribution in [0.15, 0.2) is 24.3 Å². The van der Waals surface area contributed by atoms with Crippen LogP contribution in [0.5, 0.6) is 11.5 Å². The van der Waals surface area contributed by atoms with Gasteiger partial charge in [-0.2, -0.15) is 0 Å². The number of amides is 1. The van der Waals surface area contributed by atoms with Crippen molar-refractivity contribution in [2.75, 3.05) is 33.9 Å². The maximum atomic E-state index is 13.1. The van der Waals surface area contributed by atoms with E-state index in [1.165, 1.54) is 0 Å². The van der Waals surface area contributed by atoms with Crippen LogP contribution in [0.1, 0.15) is 6.42 Å². The van der Waals surface area contributed by atoms with Crippen molar-refractivity contribution in [1.82, 2.24) is 10.2 Å². The van der Waals surface area contributed by atoms with E-state index in [0.717, 1.165) is 0 Å². The summed E-state index contributed by atoms with van der Waals surface area (Å²) in [6.45, 7) is 1.04. The normalized spacial score (nSPS) is 20.1. The summed E-state index contributed by atoms with van der Waals surface area (Å²) in [6.07, 6.45) is -0.687. The number of carbonyl (C=O) groups excluding carboxylic acids is 1. The van der Waals surface area contributed by atoms with Gasteiger partial charge in [-0.3, -0.25) is 4.79 Å². The van der Waals surface area contributed by atoms with Gasteiger partial charge in [0.1, 0.15) is 12.8 Å². The number of rotatable bonds is 6. The van der Waals surface area contributed by atoms with Crippen LogP contribution in [0.3, 0.4) is 0 Å². The highest BCUT2D eigenvalue weighted by molar-refractivity contribution is 5.85. The molecule has 2 rings (SSSR count). The van der Waals surface area contributed by atoms with Crippen LogP contribution in [0.2, 0.25) is 0 Å². The number of nitrogens with zero attached hydrogens (tertiary/aromatic N) is 1. The van der Waals surface area contributed by atoms with Gasteiger partial charge in [0.15, 0.2) is 11.5 Å². The minimum absolute atomic E-state index is 0. The van der Waals surface area contributed by atoms with Crippen molar-refractivity contribution in [3.8, 4) is 11.5 Å². The van der Waals surface area contributed by atoms with Gasteiger partial charge in [-0.15, -0.1) is 12.4 Å². The molecule has 1 heterocycles. The van der Waals surface area contributed by atoms with Gasteiger partial charge in [0.05, 0.1) is 19.7 Å². The first-order chi connectivity index (χ1) is 10.1. The van der Waals surface area contributed by atoms with Crippen LogP contribution in [0.4, 0.5) is 4.39 Å². The predicted octanol–water partition coefficient (Wildman–Crippen LogP) is 1.65. The van der Waals surface area contributed by atoms with Gasteiger partial charge in [0.2, 0.25) is 5.91 Å². The molecule has 1 N–H and O–H groups in total. The summed E-state index contributed by atoms with van der Waals surface area (Å²) >= 11 is 0. The Morgan fingerprint density at radius 2 is 2.09 bits per heavy atom. The van der Waals surface area contributed by atoms with Crippen molar-refractivity contribution in [2.45, 2.75) is 18.6 Å². The third-order valence-electron chi connectivity index (χ3n) is 3.50. The number of likely N-dealkylation sites (N-methyl/N-ethyl adjacent to an activating group) is 1. The second-order valence-corrected chi connectivity index (χ2v) is 5.05. The van der Waals surface area contributed by atoms with Gasteiger partial charge in [-0.05, 0) is 12.1 Å². The Kier molecular flexibility index (Phi) is 7.41. The molecule has 1 aliphatic rings. The lowest BCUT2D eigenvalue weighted by Gasteiger charge is -2.21. The van der Waals surface area contributed by atoms with Crippen LogP contribution in [0.25, 0.3) is 0 Å². The van der Waals surface area contributed by atoms with Crippen molar-refractivity contribution < 1.29 is 18.7 Å². The molecule has 1 amide bonds. The molecule has 0 aliphatic carbocycles. The number of hydrogen-bond donors (Lipinski definition) is 1. The molecule has 1 saturated heterocycles. The van der Waals surface area contributed by atoms with Crippen molar-refractivity contribution >= 4 is 18.3 Å². The van der Waals surface area contributed by atoms with Crippen molar-refractivity contribution in [2.24, 2.45) is 0 Å². The molecule has 1 aliphatic heterocycles. The maximum absolute atomic E-state index is 13.1. The van der Waals surface area contributed by atoms with E-state index >= 15 is 0 Å². The summed E-state index contributed by atoms with van der Waals surface area (Å²) in [6, 6.07) is 6.93. The average Bonchev–Trinajstić information content (AvgIpc) is 2.93. The van der Waals surface area contributed by atoms with E-state index in [1.807, 2.05) is 24.3 Å². The second kappa shape index (κ2) is 8.80.